The minimum atomic E-state index is -0.794. The Labute approximate surface area is 185 Å². The molecular formula is C25H22N2O5. The highest BCUT2D eigenvalue weighted by atomic mass is 16.5. The Hall–Kier alpha value is -4.13. The molecule has 1 fully saturated rings. The average molecular weight is 430 g/mol. The normalized spacial score (nSPS) is 17.4. The number of nitrogens with one attached hydrogen (secondary N) is 1. The number of benzene rings is 2. The molecule has 1 saturated heterocycles. The summed E-state index contributed by atoms with van der Waals surface area (Å²) in [4.78, 5) is 30.5. The highest BCUT2D eigenvalue weighted by Gasteiger charge is 2.44. The van der Waals surface area contributed by atoms with Crippen molar-refractivity contribution in [3.8, 4) is 11.5 Å². The smallest absolute Gasteiger partial charge is 0.295 e. The van der Waals surface area contributed by atoms with Crippen LogP contribution < -0.4 is 19.6 Å². The van der Waals surface area contributed by atoms with E-state index in [9.17, 15) is 14.7 Å². The van der Waals surface area contributed by atoms with Gasteiger partial charge in [0, 0.05) is 17.2 Å². The number of carbonyl (C=O) groups is 2. The summed E-state index contributed by atoms with van der Waals surface area (Å²) < 4.78 is 10.5. The minimum Gasteiger partial charge on any atom is -0.872 e. The number of carbonyl (C=O) groups excluding carboxylic acids is 2. The summed E-state index contributed by atoms with van der Waals surface area (Å²) in [5.74, 6) is -1.18. The van der Waals surface area contributed by atoms with Gasteiger partial charge in [-0.1, -0.05) is 42.2 Å². The Kier molecular flexibility index (Phi) is 5.89. The molecule has 162 valence electrons. The molecule has 1 aliphatic heterocycles. The molecule has 1 unspecified atom stereocenters. The van der Waals surface area contributed by atoms with Crippen molar-refractivity contribution in [3.05, 3.63) is 95.3 Å². The van der Waals surface area contributed by atoms with Crippen LogP contribution >= 0.6 is 0 Å². The number of pyridine rings is 1. The minimum absolute atomic E-state index is 0.0756. The van der Waals surface area contributed by atoms with Crippen LogP contribution in [0.1, 0.15) is 22.7 Å². The number of aromatic amines is 1. The van der Waals surface area contributed by atoms with E-state index in [2.05, 4.69) is 4.98 Å². The van der Waals surface area contributed by atoms with Crippen molar-refractivity contribution in [2.75, 3.05) is 14.2 Å². The number of ketones is 1. The molecule has 1 amide bonds. The topological polar surface area (TPSA) is 93.0 Å². The largest absolute Gasteiger partial charge is 0.872 e. The Bertz CT molecular complexity index is 1180. The van der Waals surface area contributed by atoms with Gasteiger partial charge in [0.05, 0.1) is 26.8 Å². The van der Waals surface area contributed by atoms with Crippen LogP contribution in [-0.4, -0.2) is 30.8 Å². The van der Waals surface area contributed by atoms with Crippen molar-refractivity contribution in [1.29, 1.82) is 0 Å². The number of hydrogen-bond donors (Lipinski definition) is 0. The number of amides is 1. The first kappa shape index (κ1) is 21.1. The van der Waals surface area contributed by atoms with Gasteiger partial charge in [-0.2, -0.15) is 0 Å². The summed E-state index contributed by atoms with van der Waals surface area (Å²) in [5.41, 5.74) is 1.67. The fraction of sp³-hybridized carbons (Fsp3) is 0.160. The second-order valence-corrected chi connectivity index (χ2v) is 7.30. The lowest BCUT2D eigenvalue weighted by atomic mass is 9.95. The van der Waals surface area contributed by atoms with Crippen LogP contribution in [0.15, 0.2) is 78.6 Å². The van der Waals surface area contributed by atoms with Crippen LogP contribution in [0.2, 0.25) is 0 Å². The summed E-state index contributed by atoms with van der Waals surface area (Å²) in [6.45, 7) is 0.185. The molecule has 7 heteroatoms. The highest BCUT2D eigenvalue weighted by Crippen LogP contribution is 2.40. The van der Waals surface area contributed by atoms with Gasteiger partial charge in [0.15, 0.2) is 23.9 Å². The van der Waals surface area contributed by atoms with Gasteiger partial charge in [-0.15, -0.1) is 0 Å². The number of methoxy groups -OCH3 is 2. The van der Waals surface area contributed by atoms with Crippen molar-refractivity contribution in [1.82, 2.24) is 4.90 Å². The number of aromatic nitrogens is 1. The second kappa shape index (κ2) is 8.93. The SMILES string of the molecule is COc1ccc(C([O-])=C2C(=O)C(=O)N(Cc3ccc[nH+]c3)C2c2ccccc2)cc1OC. The van der Waals surface area contributed by atoms with Gasteiger partial charge in [0.2, 0.25) is 5.78 Å². The number of ether oxygens (including phenoxy) is 2. The third-order valence-electron chi connectivity index (χ3n) is 5.41. The third-order valence-corrected chi connectivity index (χ3v) is 5.41. The fourth-order valence-electron chi connectivity index (χ4n) is 3.87. The fourth-order valence-corrected chi connectivity index (χ4v) is 3.87. The van der Waals surface area contributed by atoms with Gasteiger partial charge in [-0.25, -0.2) is 4.98 Å². The molecule has 32 heavy (non-hydrogen) atoms. The quantitative estimate of drug-likeness (QED) is 0.339. The Morgan fingerprint density at radius 2 is 1.75 bits per heavy atom. The molecule has 2 heterocycles. The number of nitrogens with zero attached hydrogens (tertiary/aromatic N) is 1. The first-order valence-corrected chi connectivity index (χ1v) is 10.0. The van der Waals surface area contributed by atoms with E-state index >= 15 is 0 Å². The zero-order valence-corrected chi connectivity index (χ0v) is 17.7. The first-order chi connectivity index (χ1) is 15.5. The maximum absolute atomic E-state index is 13.5. The lowest BCUT2D eigenvalue weighted by Crippen LogP contribution is -2.29. The van der Waals surface area contributed by atoms with Gasteiger partial charge in [-0.3, -0.25) is 9.59 Å². The van der Waals surface area contributed by atoms with E-state index in [1.165, 1.54) is 25.2 Å². The van der Waals surface area contributed by atoms with Crippen LogP contribution in [-0.2, 0) is 16.1 Å². The molecule has 2 aromatic carbocycles. The number of H-pyrrole nitrogens is 1. The van der Waals surface area contributed by atoms with Crippen molar-refractivity contribution < 1.29 is 29.2 Å². The summed E-state index contributed by atoms with van der Waals surface area (Å²) >= 11 is 0. The van der Waals surface area contributed by atoms with Crippen LogP contribution in [0.5, 0.6) is 11.5 Å². The van der Waals surface area contributed by atoms with Crippen LogP contribution in [0.3, 0.4) is 0 Å². The van der Waals surface area contributed by atoms with Crippen molar-refractivity contribution in [3.63, 3.8) is 0 Å². The van der Waals surface area contributed by atoms with Crippen LogP contribution in [0.25, 0.3) is 5.76 Å². The lowest BCUT2D eigenvalue weighted by Gasteiger charge is -2.27. The van der Waals surface area contributed by atoms with Crippen LogP contribution in [0, 0.1) is 0 Å². The maximum atomic E-state index is 13.5. The number of rotatable bonds is 6. The summed E-state index contributed by atoms with van der Waals surface area (Å²) in [6, 6.07) is 16.6. The zero-order valence-electron chi connectivity index (χ0n) is 17.7. The molecule has 0 spiro atoms. The van der Waals surface area contributed by atoms with Gasteiger partial charge in [0.25, 0.3) is 5.91 Å². The van der Waals surface area contributed by atoms with E-state index < -0.39 is 23.5 Å². The molecule has 1 aromatic heterocycles. The number of likely N-dealkylation sites (tertiary alicyclic amines) is 1. The van der Waals surface area contributed by atoms with E-state index in [4.69, 9.17) is 9.47 Å². The van der Waals surface area contributed by atoms with Gasteiger partial charge < -0.3 is 19.5 Å². The molecule has 0 bridgehead atoms. The van der Waals surface area contributed by atoms with Crippen molar-refractivity contribution in [2.45, 2.75) is 12.6 Å². The molecule has 0 saturated carbocycles. The van der Waals surface area contributed by atoms with Gasteiger partial charge >= 0.3 is 0 Å². The first-order valence-electron chi connectivity index (χ1n) is 10.0. The van der Waals surface area contributed by atoms with Crippen LogP contribution in [0.4, 0.5) is 0 Å². The molecular weight excluding hydrogens is 408 g/mol. The zero-order chi connectivity index (χ0) is 22.7. The number of Topliss-reactive ketones (excluding diaryl/α,β-unsaturated/α-hetero) is 1. The number of hydrogen-bond acceptors (Lipinski definition) is 5. The van der Waals surface area contributed by atoms with Gasteiger partial charge in [-0.05, 0) is 29.3 Å². The Morgan fingerprint density at radius 3 is 2.41 bits per heavy atom. The molecule has 0 aliphatic carbocycles. The Morgan fingerprint density at radius 1 is 1.00 bits per heavy atom. The molecule has 1 atom stereocenters. The van der Waals surface area contributed by atoms with Crippen molar-refractivity contribution >= 4 is 17.4 Å². The summed E-state index contributed by atoms with van der Waals surface area (Å²) in [7, 11) is 2.96. The predicted octanol–water partition coefficient (Wildman–Crippen LogP) is 1.94. The predicted molar refractivity (Wildman–Crippen MR) is 114 cm³/mol. The van der Waals surface area contributed by atoms with Crippen molar-refractivity contribution in [2.24, 2.45) is 0 Å². The monoisotopic (exact) mass is 430 g/mol. The van der Waals surface area contributed by atoms with E-state index in [1.807, 2.05) is 42.5 Å². The van der Waals surface area contributed by atoms with Gasteiger partial charge in [0.1, 0.15) is 0 Å². The molecule has 1 N–H and O–H groups in total. The summed E-state index contributed by atoms with van der Waals surface area (Å²) in [5, 5.41) is 13.5. The van der Waals surface area contributed by atoms with E-state index in [1.54, 1.807) is 24.5 Å². The van der Waals surface area contributed by atoms with E-state index in [-0.39, 0.29) is 17.7 Å². The molecule has 4 rings (SSSR count). The molecule has 1 aliphatic rings. The lowest BCUT2D eigenvalue weighted by molar-refractivity contribution is -0.378. The maximum Gasteiger partial charge on any atom is 0.295 e. The second-order valence-electron chi connectivity index (χ2n) is 7.30. The summed E-state index contributed by atoms with van der Waals surface area (Å²) in [6.07, 6.45) is 3.52. The third kappa shape index (κ3) is 3.80. The van der Waals surface area contributed by atoms with E-state index in [0.717, 1.165) is 5.56 Å². The Balaban J connectivity index is 1.85. The standard InChI is InChI=1S/C25H22N2O5/c1-31-19-11-10-18(13-20(19)32-2)23(28)21-22(17-8-4-3-5-9-17)27(25(30)24(21)29)15-16-7-6-12-26-14-16/h3-14,22,28H,15H2,1-2H3. The molecule has 3 aromatic rings. The highest BCUT2D eigenvalue weighted by molar-refractivity contribution is 6.46. The van der Waals surface area contributed by atoms with E-state index in [0.29, 0.717) is 17.1 Å². The molecule has 7 nitrogen and oxygen atoms in total. The molecule has 0 radical (unpaired) electrons. The average Bonchev–Trinajstić information content (AvgIpc) is 3.09.